The van der Waals surface area contributed by atoms with Crippen molar-refractivity contribution in [3.8, 4) is 0 Å². The molecule has 0 spiro atoms. The van der Waals surface area contributed by atoms with Crippen molar-refractivity contribution >= 4 is 21.6 Å². The van der Waals surface area contributed by atoms with Crippen LogP contribution in [0.5, 0.6) is 0 Å². The molecule has 0 bridgehead atoms. The Labute approximate surface area is 160 Å². The summed E-state index contributed by atoms with van der Waals surface area (Å²) in [5.74, 6) is -0.0315. The molecule has 144 valence electrons. The van der Waals surface area contributed by atoms with Gasteiger partial charge in [-0.15, -0.1) is 0 Å². The van der Waals surface area contributed by atoms with E-state index in [1.807, 2.05) is 19.1 Å². The molecule has 0 unspecified atom stereocenters. The topological polar surface area (TPSA) is 82.6 Å². The fraction of sp³-hybridized carbons (Fsp3) is 0.368. The molecular weight excluding hydrogens is 364 g/mol. The van der Waals surface area contributed by atoms with Gasteiger partial charge in [0.15, 0.2) is 0 Å². The maximum atomic E-state index is 12.4. The number of nitrogens with one attached hydrogen (secondary N) is 1. The number of hydrogen-bond donors (Lipinski definition) is 1. The van der Waals surface area contributed by atoms with Crippen LogP contribution >= 0.6 is 0 Å². The first-order chi connectivity index (χ1) is 13.0. The van der Waals surface area contributed by atoms with Gasteiger partial charge in [0.2, 0.25) is 15.9 Å². The van der Waals surface area contributed by atoms with Crippen molar-refractivity contribution in [1.82, 2.24) is 14.6 Å². The Morgan fingerprint density at radius 2 is 1.67 bits per heavy atom. The summed E-state index contributed by atoms with van der Waals surface area (Å²) in [4.78, 5) is 20.6. The molecule has 1 amide bonds. The monoisotopic (exact) mass is 388 g/mol. The number of amides is 1. The van der Waals surface area contributed by atoms with Gasteiger partial charge in [0.25, 0.3) is 0 Å². The molecule has 0 saturated carbocycles. The number of aromatic nitrogens is 1. The minimum Gasteiger partial charge on any atom is -0.368 e. The van der Waals surface area contributed by atoms with Crippen LogP contribution in [0.3, 0.4) is 0 Å². The summed E-state index contributed by atoms with van der Waals surface area (Å²) in [7, 11) is -3.58. The largest absolute Gasteiger partial charge is 0.368 e. The van der Waals surface area contributed by atoms with Crippen LogP contribution in [0.15, 0.2) is 53.7 Å². The first-order valence-corrected chi connectivity index (χ1v) is 10.4. The summed E-state index contributed by atoms with van der Waals surface area (Å²) in [6.07, 6.45) is 3.67. The maximum Gasteiger partial charge on any atom is 0.240 e. The number of carbonyl (C=O) groups excluding carboxylic acids is 1. The molecule has 0 radical (unpaired) electrons. The highest BCUT2D eigenvalue weighted by atomic mass is 32.2. The molecule has 0 atom stereocenters. The van der Waals surface area contributed by atoms with Crippen molar-refractivity contribution in [2.45, 2.75) is 18.2 Å². The summed E-state index contributed by atoms with van der Waals surface area (Å²) >= 11 is 0. The third-order valence-electron chi connectivity index (χ3n) is 4.62. The fourth-order valence-electron chi connectivity index (χ4n) is 3.02. The summed E-state index contributed by atoms with van der Waals surface area (Å²) in [5, 5.41) is 0. The van der Waals surface area contributed by atoms with E-state index in [2.05, 4.69) is 14.6 Å². The smallest absolute Gasteiger partial charge is 0.240 e. The lowest BCUT2D eigenvalue weighted by atomic mass is 10.2. The minimum absolute atomic E-state index is 0.0315. The second-order valence-corrected chi connectivity index (χ2v) is 8.30. The van der Waals surface area contributed by atoms with E-state index in [0.29, 0.717) is 13.1 Å². The number of nitrogens with zero attached hydrogens (tertiary/aromatic N) is 3. The van der Waals surface area contributed by atoms with Crippen molar-refractivity contribution < 1.29 is 13.2 Å². The van der Waals surface area contributed by atoms with Gasteiger partial charge >= 0.3 is 0 Å². The molecule has 7 nitrogen and oxygen atoms in total. The van der Waals surface area contributed by atoms with Gasteiger partial charge in [-0.05, 0) is 31.2 Å². The average Bonchev–Trinajstić information content (AvgIpc) is 2.69. The lowest BCUT2D eigenvalue weighted by Gasteiger charge is -2.36. The van der Waals surface area contributed by atoms with Gasteiger partial charge in [-0.2, -0.15) is 0 Å². The molecule has 2 aromatic rings. The number of piperazine rings is 1. The molecule has 1 saturated heterocycles. The Morgan fingerprint density at radius 3 is 2.30 bits per heavy atom. The van der Waals surface area contributed by atoms with E-state index in [9.17, 15) is 13.2 Å². The van der Waals surface area contributed by atoms with E-state index in [4.69, 9.17) is 0 Å². The molecule has 1 aromatic carbocycles. The van der Waals surface area contributed by atoms with Crippen molar-refractivity contribution in [2.75, 3.05) is 37.6 Å². The third kappa shape index (κ3) is 5.05. The number of benzene rings is 1. The van der Waals surface area contributed by atoms with Crippen LogP contribution in [0.4, 0.5) is 5.69 Å². The highest BCUT2D eigenvalue weighted by molar-refractivity contribution is 7.89. The first-order valence-electron chi connectivity index (χ1n) is 8.95. The Morgan fingerprint density at radius 1 is 1.04 bits per heavy atom. The first kappa shape index (κ1) is 19.3. The van der Waals surface area contributed by atoms with Gasteiger partial charge in [0.05, 0.1) is 4.90 Å². The molecule has 27 heavy (non-hydrogen) atoms. The molecule has 1 fully saturated rings. The van der Waals surface area contributed by atoms with Crippen LogP contribution in [0, 0.1) is 6.92 Å². The standard InChI is InChI=1S/C19H24N4O3S/c1-16-2-4-18(5-3-16)27(25,26)21-11-8-19(24)23-14-12-22(13-15-23)17-6-9-20-10-7-17/h2-7,9-10,21H,8,11-15H2,1H3. The Kier molecular flexibility index (Phi) is 6.08. The predicted molar refractivity (Wildman–Crippen MR) is 104 cm³/mol. The highest BCUT2D eigenvalue weighted by Crippen LogP contribution is 2.15. The van der Waals surface area contributed by atoms with E-state index in [-0.39, 0.29) is 23.8 Å². The van der Waals surface area contributed by atoms with Crippen LogP contribution in [0.2, 0.25) is 0 Å². The van der Waals surface area contributed by atoms with Gasteiger partial charge < -0.3 is 9.80 Å². The molecule has 1 aromatic heterocycles. The number of aryl methyl sites for hydroxylation is 1. The molecule has 1 N–H and O–H groups in total. The quantitative estimate of drug-likeness (QED) is 0.809. The van der Waals surface area contributed by atoms with E-state index in [0.717, 1.165) is 24.3 Å². The zero-order valence-electron chi connectivity index (χ0n) is 15.3. The van der Waals surface area contributed by atoms with Gasteiger partial charge in [0, 0.05) is 57.2 Å². The van der Waals surface area contributed by atoms with Gasteiger partial charge in [-0.3, -0.25) is 9.78 Å². The second kappa shape index (κ2) is 8.49. The summed E-state index contributed by atoms with van der Waals surface area (Å²) in [6.45, 7) is 4.77. The van der Waals surface area contributed by atoms with E-state index in [1.165, 1.54) is 0 Å². The van der Waals surface area contributed by atoms with E-state index < -0.39 is 10.0 Å². The van der Waals surface area contributed by atoms with Gasteiger partial charge in [-0.1, -0.05) is 17.7 Å². The van der Waals surface area contributed by atoms with Crippen molar-refractivity contribution in [1.29, 1.82) is 0 Å². The average molecular weight is 388 g/mol. The lowest BCUT2D eigenvalue weighted by molar-refractivity contribution is -0.131. The maximum absolute atomic E-state index is 12.4. The number of hydrogen-bond acceptors (Lipinski definition) is 5. The summed E-state index contributed by atoms with van der Waals surface area (Å²) in [5.41, 5.74) is 2.10. The molecule has 0 aliphatic carbocycles. The summed E-state index contributed by atoms with van der Waals surface area (Å²) < 4.78 is 27.0. The van der Waals surface area contributed by atoms with Crippen LogP contribution < -0.4 is 9.62 Å². The third-order valence-corrected chi connectivity index (χ3v) is 6.10. The number of anilines is 1. The van der Waals surface area contributed by atoms with Gasteiger partial charge in [0.1, 0.15) is 0 Å². The van der Waals surface area contributed by atoms with Crippen molar-refractivity contribution in [2.24, 2.45) is 0 Å². The van der Waals surface area contributed by atoms with Crippen LogP contribution in [-0.4, -0.2) is 56.9 Å². The normalized spacial score (nSPS) is 15.0. The number of pyridine rings is 1. The highest BCUT2D eigenvalue weighted by Gasteiger charge is 2.21. The van der Waals surface area contributed by atoms with Crippen LogP contribution in [0.1, 0.15) is 12.0 Å². The van der Waals surface area contributed by atoms with Crippen LogP contribution in [0.25, 0.3) is 0 Å². The van der Waals surface area contributed by atoms with E-state index >= 15 is 0 Å². The Balaban J connectivity index is 1.45. The predicted octanol–water partition coefficient (Wildman–Crippen LogP) is 1.41. The Hall–Kier alpha value is -2.45. The fourth-order valence-corrected chi connectivity index (χ4v) is 4.05. The number of rotatable bonds is 6. The summed E-state index contributed by atoms with van der Waals surface area (Å²) in [6, 6.07) is 10.5. The molecule has 3 rings (SSSR count). The molecule has 1 aliphatic rings. The molecule has 8 heteroatoms. The molecule has 1 aliphatic heterocycles. The Bertz CT molecular complexity index is 862. The SMILES string of the molecule is Cc1ccc(S(=O)(=O)NCCC(=O)N2CCN(c3ccncc3)CC2)cc1. The van der Waals surface area contributed by atoms with E-state index in [1.54, 1.807) is 41.6 Å². The molecular formula is C19H24N4O3S. The second-order valence-electron chi connectivity index (χ2n) is 6.53. The van der Waals surface area contributed by atoms with Crippen LogP contribution in [-0.2, 0) is 14.8 Å². The zero-order chi connectivity index (χ0) is 19.3. The van der Waals surface area contributed by atoms with Crippen molar-refractivity contribution in [3.05, 3.63) is 54.4 Å². The van der Waals surface area contributed by atoms with Crippen molar-refractivity contribution in [3.63, 3.8) is 0 Å². The number of carbonyl (C=O) groups is 1. The molecule has 2 heterocycles. The minimum atomic E-state index is -3.58. The lowest BCUT2D eigenvalue weighted by Crippen LogP contribution is -2.49. The zero-order valence-corrected chi connectivity index (χ0v) is 16.2. The number of sulfonamides is 1. The van der Waals surface area contributed by atoms with Gasteiger partial charge in [-0.25, -0.2) is 13.1 Å².